The molecule has 3 nitrogen and oxygen atoms in total. The Morgan fingerprint density at radius 2 is 2.50 bits per heavy atom. The first-order valence-electron chi connectivity index (χ1n) is 6.76. The number of hydrogen-bond acceptors (Lipinski definition) is 3. The van der Waals surface area contributed by atoms with Gasteiger partial charge in [0.2, 0.25) is 0 Å². The highest BCUT2D eigenvalue weighted by Crippen LogP contribution is 2.27. The molecule has 1 aromatic heterocycles. The molecule has 0 amide bonds. The predicted molar refractivity (Wildman–Crippen MR) is 76.6 cm³/mol. The molecule has 100 valence electrons. The molecule has 0 spiro atoms. The van der Waals surface area contributed by atoms with Gasteiger partial charge in [0.05, 0.1) is 17.8 Å². The quantitative estimate of drug-likeness (QED) is 0.873. The fourth-order valence-electron chi connectivity index (χ4n) is 2.46. The van der Waals surface area contributed by atoms with Gasteiger partial charge in [-0.2, -0.15) is 0 Å². The molecule has 2 heterocycles. The molecule has 2 atom stereocenters. The van der Waals surface area contributed by atoms with Crippen molar-refractivity contribution in [3.05, 3.63) is 28.5 Å². The van der Waals surface area contributed by atoms with Crippen LogP contribution in [0, 0.1) is 0 Å². The topological polar surface area (TPSA) is 34.1 Å². The lowest BCUT2D eigenvalue weighted by Crippen LogP contribution is -2.23. The number of nitrogens with one attached hydrogen (secondary N) is 1. The third-order valence-electron chi connectivity index (χ3n) is 3.37. The Kier molecular flexibility index (Phi) is 5.60. The Morgan fingerprint density at radius 1 is 1.61 bits per heavy atom. The molecule has 0 radical (unpaired) electrons. The molecule has 1 N–H and O–H groups in total. The lowest BCUT2D eigenvalue weighted by Gasteiger charge is -2.20. The van der Waals surface area contributed by atoms with Gasteiger partial charge in [-0.05, 0) is 60.3 Å². The molecule has 2 rings (SSSR count). The number of hydrogen-bond donors (Lipinski definition) is 1. The van der Waals surface area contributed by atoms with Gasteiger partial charge in [0.25, 0.3) is 0 Å². The van der Waals surface area contributed by atoms with Gasteiger partial charge in [0.1, 0.15) is 0 Å². The van der Waals surface area contributed by atoms with Crippen LogP contribution in [0.5, 0.6) is 0 Å². The van der Waals surface area contributed by atoms with Crippen LogP contribution >= 0.6 is 15.9 Å². The van der Waals surface area contributed by atoms with Crippen LogP contribution in [0.4, 0.5) is 0 Å². The summed E-state index contributed by atoms with van der Waals surface area (Å²) in [5.74, 6) is 0. The number of nitrogens with zero attached hydrogens (tertiary/aromatic N) is 1. The highest BCUT2D eigenvalue weighted by atomic mass is 79.9. The largest absolute Gasteiger partial charge is 0.378 e. The Labute approximate surface area is 117 Å². The SMILES string of the molecule is CCNC(CCC1CCCO1)c1ncccc1Br. The second kappa shape index (κ2) is 7.22. The fourth-order valence-corrected chi connectivity index (χ4v) is 2.99. The average molecular weight is 313 g/mol. The molecule has 1 aliphatic heterocycles. The van der Waals surface area contributed by atoms with Crippen molar-refractivity contribution in [1.82, 2.24) is 10.3 Å². The summed E-state index contributed by atoms with van der Waals surface area (Å²) in [6.07, 6.45) is 6.92. The first-order valence-corrected chi connectivity index (χ1v) is 7.56. The van der Waals surface area contributed by atoms with Gasteiger partial charge in [-0.25, -0.2) is 0 Å². The number of pyridine rings is 1. The lowest BCUT2D eigenvalue weighted by atomic mass is 10.0. The van der Waals surface area contributed by atoms with E-state index in [1.165, 1.54) is 12.8 Å². The molecule has 1 aromatic rings. The zero-order valence-electron chi connectivity index (χ0n) is 10.9. The summed E-state index contributed by atoms with van der Waals surface area (Å²) in [5, 5.41) is 3.52. The van der Waals surface area contributed by atoms with E-state index in [0.29, 0.717) is 12.1 Å². The van der Waals surface area contributed by atoms with E-state index in [1.807, 2.05) is 12.3 Å². The Balaban J connectivity index is 1.96. The summed E-state index contributed by atoms with van der Waals surface area (Å²) in [5.41, 5.74) is 1.11. The maximum absolute atomic E-state index is 5.69. The average Bonchev–Trinajstić information content (AvgIpc) is 2.88. The summed E-state index contributed by atoms with van der Waals surface area (Å²) < 4.78 is 6.77. The van der Waals surface area contributed by atoms with E-state index < -0.39 is 0 Å². The van der Waals surface area contributed by atoms with E-state index in [-0.39, 0.29) is 0 Å². The van der Waals surface area contributed by atoms with Gasteiger partial charge in [0, 0.05) is 17.3 Å². The standard InChI is InChI=1S/C14H21BrN2O/c1-2-16-13(8-7-11-5-4-10-18-11)14-12(15)6-3-9-17-14/h3,6,9,11,13,16H,2,4-5,7-8,10H2,1H3. The monoisotopic (exact) mass is 312 g/mol. The Bertz CT molecular complexity index is 367. The van der Waals surface area contributed by atoms with Crippen molar-refractivity contribution < 1.29 is 4.74 Å². The molecule has 0 aromatic carbocycles. The zero-order chi connectivity index (χ0) is 12.8. The molecule has 2 unspecified atom stereocenters. The third-order valence-corrected chi connectivity index (χ3v) is 4.04. The first kappa shape index (κ1) is 14.0. The van der Waals surface area contributed by atoms with Gasteiger partial charge in [0.15, 0.2) is 0 Å². The van der Waals surface area contributed by atoms with Crippen LogP contribution < -0.4 is 5.32 Å². The van der Waals surface area contributed by atoms with Crippen molar-refractivity contribution in [2.75, 3.05) is 13.2 Å². The molecular weight excluding hydrogens is 292 g/mol. The molecule has 0 aliphatic carbocycles. The van der Waals surface area contributed by atoms with Crippen LogP contribution in [0.2, 0.25) is 0 Å². The van der Waals surface area contributed by atoms with E-state index in [4.69, 9.17) is 4.74 Å². The van der Waals surface area contributed by atoms with E-state index in [0.717, 1.165) is 36.2 Å². The van der Waals surface area contributed by atoms with Gasteiger partial charge in [-0.15, -0.1) is 0 Å². The van der Waals surface area contributed by atoms with Gasteiger partial charge < -0.3 is 10.1 Å². The van der Waals surface area contributed by atoms with E-state index >= 15 is 0 Å². The normalized spacial score (nSPS) is 21.1. The maximum atomic E-state index is 5.69. The molecule has 0 bridgehead atoms. The number of halogens is 1. The van der Waals surface area contributed by atoms with Gasteiger partial charge in [-0.1, -0.05) is 6.92 Å². The van der Waals surface area contributed by atoms with Gasteiger partial charge in [-0.3, -0.25) is 4.98 Å². The summed E-state index contributed by atoms with van der Waals surface area (Å²) in [6, 6.07) is 4.32. The van der Waals surface area contributed by atoms with Gasteiger partial charge >= 0.3 is 0 Å². The molecule has 1 aliphatic rings. The molecule has 18 heavy (non-hydrogen) atoms. The van der Waals surface area contributed by atoms with E-state index in [9.17, 15) is 0 Å². The van der Waals surface area contributed by atoms with Crippen LogP contribution in [0.25, 0.3) is 0 Å². The summed E-state index contributed by atoms with van der Waals surface area (Å²) in [7, 11) is 0. The summed E-state index contributed by atoms with van der Waals surface area (Å²) in [6.45, 7) is 4.03. The molecule has 0 saturated carbocycles. The molecule has 1 fully saturated rings. The Morgan fingerprint density at radius 3 is 3.17 bits per heavy atom. The number of ether oxygens (including phenoxy) is 1. The highest BCUT2D eigenvalue weighted by molar-refractivity contribution is 9.10. The second-order valence-electron chi connectivity index (χ2n) is 4.69. The fraction of sp³-hybridized carbons (Fsp3) is 0.643. The van der Waals surface area contributed by atoms with Crippen molar-refractivity contribution in [3.63, 3.8) is 0 Å². The minimum absolute atomic E-state index is 0.315. The van der Waals surface area contributed by atoms with Crippen LogP contribution in [-0.4, -0.2) is 24.2 Å². The number of aromatic nitrogens is 1. The van der Waals surface area contributed by atoms with Crippen molar-refractivity contribution in [3.8, 4) is 0 Å². The van der Waals surface area contributed by atoms with Crippen molar-refractivity contribution in [1.29, 1.82) is 0 Å². The zero-order valence-corrected chi connectivity index (χ0v) is 12.4. The molecular formula is C14H21BrN2O. The van der Waals surface area contributed by atoms with Crippen molar-refractivity contribution in [2.24, 2.45) is 0 Å². The van der Waals surface area contributed by atoms with E-state index in [2.05, 4.69) is 39.2 Å². The van der Waals surface area contributed by atoms with Crippen LogP contribution in [0.1, 0.15) is 44.3 Å². The third kappa shape index (κ3) is 3.77. The molecule has 4 heteroatoms. The lowest BCUT2D eigenvalue weighted by molar-refractivity contribution is 0.0995. The predicted octanol–water partition coefficient (Wildman–Crippen LogP) is 3.45. The Hall–Kier alpha value is -0.450. The highest BCUT2D eigenvalue weighted by Gasteiger charge is 2.20. The maximum Gasteiger partial charge on any atom is 0.0714 e. The minimum Gasteiger partial charge on any atom is -0.378 e. The minimum atomic E-state index is 0.315. The van der Waals surface area contributed by atoms with Crippen molar-refractivity contribution in [2.45, 2.75) is 44.8 Å². The van der Waals surface area contributed by atoms with E-state index in [1.54, 1.807) is 0 Å². The number of rotatable bonds is 6. The first-order chi connectivity index (χ1) is 8.81. The second-order valence-corrected chi connectivity index (χ2v) is 5.55. The molecule has 1 saturated heterocycles. The summed E-state index contributed by atoms with van der Waals surface area (Å²) >= 11 is 3.59. The van der Waals surface area contributed by atoms with Crippen LogP contribution in [-0.2, 0) is 4.74 Å². The van der Waals surface area contributed by atoms with Crippen molar-refractivity contribution >= 4 is 15.9 Å². The summed E-state index contributed by atoms with van der Waals surface area (Å²) in [4.78, 5) is 4.49. The smallest absolute Gasteiger partial charge is 0.0714 e. The van der Waals surface area contributed by atoms with Crippen LogP contribution in [0.15, 0.2) is 22.8 Å². The van der Waals surface area contributed by atoms with Crippen LogP contribution in [0.3, 0.4) is 0 Å².